The predicted molar refractivity (Wildman–Crippen MR) is 100 cm³/mol. The molecule has 1 N–H and O–H groups in total. The number of hydrogen-bond acceptors (Lipinski definition) is 6. The molecule has 8 heteroatoms. The summed E-state index contributed by atoms with van der Waals surface area (Å²) < 4.78 is 23.2. The van der Waals surface area contributed by atoms with Gasteiger partial charge in [0.2, 0.25) is 0 Å². The van der Waals surface area contributed by atoms with Crippen LogP contribution in [0.1, 0.15) is 29.4 Å². The number of hydrogen-bond donors (Lipinski definition) is 1. The third-order valence-electron chi connectivity index (χ3n) is 4.59. The van der Waals surface area contributed by atoms with Crippen LogP contribution in [-0.2, 0) is 16.3 Å². The van der Waals surface area contributed by atoms with Gasteiger partial charge in [0, 0.05) is 18.8 Å². The van der Waals surface area contributed by atoms with E-state index in [1.807, 2.05) is 24.3 Å². The number of anilines is 2. The number of rotatable bonds is 5. The van der Waals surface area contributed by atoms with Gasteiger partial charge in [-0.3, -0.25) is 4.79 Å². The highest BCUT2D eigenvalue weighted by Gasteiger charge is 2.33. The molecule has 1 aliphatic heterocycles. The molecule has 0 saturated carbocycles. The Balaban J connectivity index is 1.65. The minimum absolute atomic E-state index is 0.00998. The van der Waals surface area contributed by atoms with Crippen molar-refractivity contribution in [2.75, 3.05) is 23.9 Å². The number of nitrogens with zero attached hydrogens (tertiary/aromatic N) is 3. The molecule has 26 heavy (non-hydrogen) atoms. The zero-order valence-corrected chi connectivity index (χ0v) is 15.7. The highest BCUT2D eigenvalue weighted by molar-refractivity contribution is 7.91. The maximum absolute atomic E-state index is 12.5. The van der Waals surface area contributed by atoms with Crippen LogP contribution >= 0.6 is 0 Å². The van der Waals surface area contributed by atoms with Gasteiger partial charge in [-0.2, -0.15) is 0 Å². The number of aromatic nitrogens is 2. The molecule has 1 fully saturated rings. The Bertz CT molecular complexity index is 880. The number of carbonyl (C=O) groups is 1. The van der Waals surface area contributed by atoms with Gasteiger partial charge in [-0.1, -0.05) is 19.1 Å². The molecule has 0 radical (unpaired) electrons. The van der Waals surface area contributed by atoms with Gasteiger partial charge in [-0.05, 0) is 42.7 Å². The van der Waals surface area contributed by atoms with E-state index >= 15 is 0 Å². The molecule has 2 aromatic rings. The van der Waals surface area contributed by atoms with Crippen LogP contribution in [0.15, 0.2) is 36.4 Å². The van der Waals surface area contributed by atoms with Crippen LogP contribution in [0.4, 0.5) is 11.5 Å². The lowest BCUT2D eigenvalue weighted by molar-refractivity contribution is 0.0740. The highest BCUT2D eigenvalue weighted by atomic mass is 32.2. The summed E-state index contributed by atoms with van der Waals surface area (Å²) in [7, 11) is -1.43. The molecule has 1 aromatic heterocycles. The summed E-state index contributed by atoms with van der Waals surface area (Å²) in [5, 5.41) is 11.2. The van der Waals surface area contributed by atoms with Gasteiger partial charge >= 0.3 is 0 Å². The van der Waals surface area contributed by atoms with Gasteiger partial charge in [-0.15, -0.1) is 10.2 Å². The van der Waals surface area contributed by atoms with Crippen LogP contribution in [-0.4, -0.2) is 54.0 Å². The second-order valence-corrected chi connectivity index (χ2v) is 8.68. The lowest BCUT2D eigenvalue weighted by Gasteiger charge is -2.22. The van der Waals surface area contributed by atoms with Crippen molar-refractivity contribution >= 4 is 27.2 Å². The van der Waals surface area contributed by atoms with Gasteiger partial charge in [-0.25, -0.2) is 8.42 Å². The first-order valence-corrected chi connectivity index (χ1v) is 10.4. The number of nitrogens with one attached hydrogen (secondary N) is 1. The summed E-state index contributed by atoms with van der Waals surface area (Å²) in [6.45, 7) is 2.10. The molecule has 1 amide bonds. The van der Waals surface area contributed by atoms with E-state index in [0.29, 0.717) is 12.2 Å². The first-order chi connectivity index (χ1) is 12.4. The van der Waals surface area contributed by atoms with E-state index in [9.17, 15) is 13.2 Å². The summed E-state index contributed by atoms with van der Waals surface area (Å²) >= 11 is 0. The van der Waals surface area contributed by atoms with E-state index in [2.05, 4.69) is 22.4 Å². The largest absolute Gasteiger partial charge is 0.339 e. The molecule has 0 spiro atoms. The van der Waals surface area contributed by atoms with Gasteiger partial charge in [0.15, 0.2) is 21.3 Å². The normalized spacial score (nSPS) is 18.5. The van der Waals surface area contributed by atoms with Crippen molar-refractivity contribution in [3.8, 4) is 0 Å². The van der Waals surface area contributed by atoms with Crippen LogP contribution in [0.3, 0.4) is 0 Å². The third kappa shape index (κ3) is 4.19. The minimum atomic E-state index is -3.04. The number of sulfone groups is 1. The van der Waals surface area contributed by atoms with Gasteiger partial charge in [0.25, 0.3) is 5.91 Å². The molecule has 1 aliphatic rings. The second kappa shape index (κ2) is 7.41. The Labute approximate surface area is 153 Å². The van der Waals surface area contributed by atoms with Crippen LogP contribution in [0.5, 0.6) is 0 Å². The second-order valence-electron chi connectivity index (χ2n) is 6.45. The summed E-state index contributed by atoms with van der Waals surface area (Å²) in [6, 6.07) is 11.0. The molecule has 0 aliphatic carbocycles. The van der Waals surface area contributed by atoms with E-state index in [1.165, 1.54) is 10.5 Å². The molecular weight excluding hydrogens is 352 g/mol. The van der Waals surface area contributed by atoms with Gasteiger partial charge in [0.05, 0.1) is 11.5 Å². The Morgan fingerprint density at radius 2 is 1.92 bits per heavy atom. The van der Waals surface area contributed by atoms with Crippen LogP contribution < -0.4 is 5.32 Å². The molecule has 1 atom stereocenters. The van der Waals surface area contributed by atoms with Crippen LogP contribution in [0.25, 0.3) is 0 Å². The molecule has 2 heterocycles. The fourth-order valence-corrected chi connectivity index (χ4v) is 4.69. The average Bonchev–Trinajstić information content (AvgIpc) is 3.01. The molecule has 0 bridgehead atoms. The fraction of sp³-hybridized carbons (Fsp3) is 0.389. The van der Waals surface area contributed by atoms with Crippen molar-refractivity contribution in [3.05, 3.63) is 47.7 Å². The lowest BCUT2D eigenvalue weighted by atomic mass is 10.1. The minimum Gasteiger partial charge on any atom is -0.339 e. The van der Waals surface area contributed by atoms with Crippen molar-refractivity contribution < 1.29 is 13.2 Å². The smallest absolute Gasteiger partial charge is 0.274 e. The number of carbonyl (C=O) groups excluding carboxylic acids is 1. The van der Waals surface area contributed by atoms with Crippen molar-refractivity contribution in [1.82, 2.24) is 15.1 Å². The van der Waals surface area contributed by atoms with E-state index < -0.39 is 9.84 Å². The van der Waals surface area contributed by atoms with Crippen molar-refractivity contribution in [1.29, 1.82) is 0 Å². The number of benzene rings is 1. The Hall–Kier alpha value is -2.48. The van der Waals surface area contributed by atoms with Crippen LogP contribution in [0.2, 0.25) is 0 Å². The zero-order chi connectivity index (χ0) is 18.7. The van der Waals surface area contributed by atoms with Gasteiger partial charge in [0.1, 0.15) is 0 Å². The SMILES string of the molecule is CCc1ccc(Nc2ccc(C(=O)N(C)C3CCS(=O)(=O)C3)nn2)cc1. The standard InChI is InChI=1S/C18H22N4O3S/c1-3-13-4-6-14(7-5-13)19-17-9-8-16(20-21-17)18(23)22(2)15-10-11-26(24,25)12-15/h4-9,15H,3,10-12H2,1-2H3,(H,19,21). The molecule has 1 aromatic carbocycles. The highest BCUT2D eigenvalue weighted by Crippen LogP contribution is 2.19. The average molecular weight is 374 g/mol. The zero-order valence-electron chi connectivity index (χ0n) is 14.8. The fourth-order valence-electron chi connectivity index (χ4n) is 2.91. The molecule has 1 unspecified atom stereocenters. The number of aryl methyl sites for hydroxylation is 1. The monoisotopic (exact) mass is 374 g/mol. The maximum Gasteiger partial charge on any atom is 0.274 e. The molecule has 138 valence electrons. The third-order valence-corrected chi connectivity index (χ3v) is 6.35. The topological polar surface area (TPSA) is 92.3 Å². The molecule has 1 saturated heterocycles. The quantitative estimate of drug-likeness (QED) is 0.861. The van der Waals surface area contributed by atoms with Gasteiger partial charge < -0.3 is 10.2 Å². The summed E-state index contributed by atoms with van der Waals surface area (Å²) in [6.07, 6.45) is 1.44. The summed E-state index contributed by atoms with van der Waals surface area (Å²) in [5.41, 5.74) is 2.34. The lowest BCUT2D eigenvalue weighted by Crippen LogP contribution is -2.38. The first kappa shape index (κ1) is 18.3. The van der Waals surface area contributed by atoms with E-state index in [4.69, 9.17) is 0 Å². The van der Waals surface area contributed by atoms with Crippen molar-refractivity contribution in [3.63, 3.8) is 0 Å². The van der Waals surface area contributed by atoms with Crippen LogP contribution in [0, 0.1) is 0 Å². The summed E-state index contributed by atoms with van der Waals surface area (Å²) in [4.78, 5) is 13.9. The van der Waals surface area contributed by atoms with E-state index in [1.54, 1.807) is 19.2 Å². The Morgan fingerprint density at radius 1 is 1.19 bits per heavy atom. The van der Waals surface area contributed by atoms with E-state index in [-0.39, 0.29) is 29.1 Å². The Kier molecular flexibility index (Phi) is 5.22. The molecule has 7 nitrogen and oxygen atoms in total. The number of amides is 1. The maximum atomic E-state index is 12.5. The Morgan fingerprint density at radius 3 is 2.46 bits per heavy atom. The van der Waals surface area contributed by atoms with E-state index in [0.717, 1.165) is 12.1 Å². The van der Waals surface area contributed by atoms with Crippen molar-refractivity contribution in [2.24, 2.45) is 0 Å². The van der Waals surface area contributed by atoms with Crippen molar-refractivity contribution in [2.45, 2.75) is 25.8 Å². The molecule has 3 rings (SSSR count). The summed E-state index contributed by atoms with van der Waals surface area (Å²) in [5.74, 6) is 0.354. The first-order valence-electron chi connectivity index (χ1n) is 8.55. The molecular formula is C18H22N4O3S. The predicted octanol–water partition coefficient (Wildman–Crippen LogP) is 2.04.